The second kappa shape index (κ2) is 14.1. The summed E-state index contributed by atoms with van der Waals surface area (Å²) in [5.74, 6) is 0.955. The molecule has 1 rings (SSSR count). The number of ether oxygens (including phenoxy) is 1. The van der Waals surface area contributed by atoms with Gasteiger partial charge in [0.2, 0.25) is 0 Å². The Kier molecular flexibility index (Phi) is 12.5. The van der Waals surface area contributed by atoms with Gasteiger partial charge in [-0.1, -0.05) is 85.9 Å². The summed E-state index contributed by atoms with van der Waals surface area (Å²) < 4.78 is 5.18. The van der Waals surface area contributed by atoms with Gasteiger partial charge in [-0.15, -0.1) is 0 Å². The van der Waals surface area contributed by atoms with Crippen LogP contribution in [-0.4, -0.2) is 12.4 Å². The maximum Gasteiger partial charge on any atom is 0.118 e. The molecule has 0 aliphatic heterocycles. The van der Waals surface area contributed by atoms with E-state index in [0.717, 1.165) is 5.75 Å². The lowest BCUT2D eigenvalue weighted by molar-refractivity contribution is 0.414. The van der Waals surface area contributed by atoms with Gasteiger partial charge in [0, 0.05) is 5.33 Å². The van der Waals surface area contributed by atoms with Crippen molar-refractivity contribution in [1.29, 1.82) is 0 Å². The third-order valence-corrected chi connectivity index (χ3v) is 4.82. The van der Waals surface area contributed by atoms with Gasteiger partial charge < -0.3 is 4.74 Å². The summed E-state index contributed by atoms with van der Waals surface area (Å²) in [5, 5.41) is 1.17. The Labute approximate surface area is 146 Å². The van der Waals surface area contributed by atoms with Crippen molar-refractivity contribution in [2.24, 2.45) is 0 Å². The van der Waals surface area contributed by atoms with Crippen molar-refractivity contribution in [1.82, 2.24) is 0 Å². The van der Waals surface area contributed by atoms with E-state index >= 15 is 0 Å². The molecule has 0 N–H and O–H groups in total. The van der Waals surface area contributed by atoms with Gasteiger partial charge in [-0.3, -0.25) is 0 Å². The third kappa shape index (κ3) is 10.3. The molecule has 2 heteroatoms. The average molecular weight is 369 g/mol. The van der Waals surface area contributed by atoms with E-state index < -0.39 is 0 Å². The number of hydrogen-bond donors (Lipinski definition) is 0. The Hall–Kier alpha value is -0.500. The standard InChI is InChI=1S/C20H33BrO/c1-22-20-16-14-19(15-17-20)13-11-9-7-5-3-2-4-6-8-10-12-18-21/h14-17H,2-13,18H2,1H3. The fourth-order valence-electron chi connectivity index (χ4n) is 2.81. The van der Waals surface area contributed by atoms with Gasteiger partial charge in [0.15, 0.2) is 0 Å². The van der Waals surface area contributed by atoms with E-state index in [1.54, 1.807) is 7.11 Å². The Morgan fingerprint density at radius 2 is 1.14 bits per heavy atom. The first kappa shape index (κ1) is 19.5. The van der Waals surface area contributed by atoms with Crippen LogP contribution in [0, 0.1) is 0 Å². The lowest BCUT2D eigenvalue weighted by atomic mass is 10.0. The van der Waals surface area contributed by atoms with Gasteiger partial charge in [-0.05, 0) is 37.0 Å². The third-order valence-electron chi connectivity index (χ3n) is 4.26. The highest BCUT2D eigenvalue weighted by molar-refractivity contribution is 9.09. The molecule has 0 aliphatic rings. The highest BCUT2D eigenvalue weighted by Gasteiger charge is 1.96. The number of alkyl halides is 1. The molecule has 0 bridgehead atoms. The molecule has 0 unspecified atom stereocenters. The molecule has 0 aromatic heterocycles. The van der Waals surface area contributed by atoms with Crippen molar-refractivity contribution >= 4 is 15.9 Å². The quantitative estimate of drug-likeness (QED) is 0.255. The molecule has 1 aromatic carbocycles. The monoisotopic (exact) mass is 368 g/mol. The summed E-state index contributed by atoms with van der Waals surface area (Å²) in [5.41, 5.74) is 1.43. The minimum Gasteiger partial charge on any atom is -0.497 e. The molecule has 0 saturated carbocycles. The van der Waals surface area contributed by atoms with Crippen molar-refractivity contribution in [2.45, 2.75) is 77.0 Å². The van der Waals surface area contributed by atoms with Crippen LogP contribution in [0.1, 0.15) is 76.2 Å². The minimum absolute atomic E-state index is 0.955. The molecule has 0 amide bonds. The summed E-state index contributed by atoms with van der Waals surface area (Å²) >= 11 is 3.49. The van der Waals surface area contributed by atoms with Crippen LogP contribution in [0.5, 0.6) is 5.75 Å². The molecule has 0 aliphatic carbocycles. The first-order chi connectivity index (χ1) is 10.9. The van der Waals surface area contributed by atoms with E-state index in [4.69, 9.17) is 4.74 Å². The lowest BCUT2D eigenvalue weighted by Crippen LogP contribution is -1.88. The van der Waals surface area contributed by atoms with Crippen LogP contribution < -0.4 is 4.74 Å². The number of methoxy groups -OCH3 is 1. The lowest BCUT2D eigenvalue weighted by Gasteiger charge is -2.04. The normalized spacial score (nSPS) is 10.8. The summed E-state index contributed by atoms with van der Waals surface area (Å²) in [6.07, 6.45) is 16.6. The Bertz CT molecular complexity index is 347. The van der Waals surface area contributed by atoms with Crippen molar-refractivity contribution in [3.8, 4) is 5.75 Å². The summed E-state index contributed by atoms with van der Waals surface area (Å²) in [6, 6.07) is 8.50. The highest BCUT2D eigenvalue weighted by atomic mass is 79.9. The van der Waals surface area contributed by atoms with E-state index in [1.165, 1.54) is 87.9 Å². The van der Waals surface area contributed by atoms with E-state index in [0.29, 0.717) is 0 Å². The summed E-state index contributed by atoms with van der Waals surface area (Å²) in [6.45, 7) is 0. The smallest absolute Gasteiger partial charge is 0.118 e. The van der Waals surface area contributed by atoms with Gasteiger partial charge in [-0.2, -0.15) is 0 Å². The molecule has 1 nitrogen and oxygen atoms in total. The fourth-order valence-corrected chi connectivity index (χ4v) is 3.20. The van der Waals surface area contributed by atoms with E-state index in [2.05, 4.69) is 40.2 Å². The van der Waals surface area contributed by atoms with Gasteiger partial charge in [0.05, 0.1) is 7.11 Å². The van der Waals surface area contributed by atoms with Crippen LogP contribution in [-0.2, 0) is 6.42 Å². The predicted octanol–water partition coefficient (Wildman–Crippen LogP) is 6.92. The van der Waals surface area contributed by atoms with E-state index in [1.807, 2.05) is 0 Å². The molecule has 22 heavy (non-hydrogen) atoms. The number of hydrogen-bond acceptors (Lipinski definition) is 1. The zero-order valence-corrected chi connectivity index (χ0v) is 15.9. The van der Waals surface area contributed by atoms with Crippen LogP contribution >= 0.6 is 15.9 Å². The van der Waals surface area contributed by atoms with Crippen molar-refractivity contribution in [3.63, 3.8) is 0 Å². The topological polar surface area (TPSA) is 9.23 Å². The molecule has 0 fully saturated rings. The predicted molar refractivity (Wildman–Crippen MR) is 101 cm³/mol. The number of halogens is 1. The zero-order chi connectivity index (χ0) is 15.9. The highest BCUT2D eigenvalue weighted by Crippen LogP contribution is 2.15. The van der Waals surface area contributed by atoms with E-state index in [9.17, 15) is 0 Å². The Balaban J connectivity index is 1.85. The number of unbranched alkanes of at least 4 members (excludes halogenated alkanes) is 10. The average Bonchev–Trinajstić information content (AvgIpc) is 2.56. The molecular weight excluding hydrogens is 336 g/mol. The summed E-state index contributed by atoms with van der Waals surface area (Å²) in [4.78, 5) is 0. The second-order valence-corrected chi connectivity index (χ2v) is 6.97. The molecule has 0 radical (unpaired) electrons. The molecule has 126 valence electrons. The first-order valence-corrected chi connectivity index (χ1v) is 10.2. The van der Waals surface area contributed by atoms with Crippen LogP contribution in [0.15, 0.2) is 24.3 Å². The maximum absolute atomic E-state index is 5.18. The number of rotatable bonds is 14. The van der Waals surface area contributed by atoms with Gasteiger partial charge >= 0.3 is 0 Å². The molecule has 0 spiro atoms. The van der Waals surface area contributed by atoms with Gasteiger partial charge in [-0.25, -0.2) is 0 Å². The molecule has 0 atom stereocenters. The van der Waals surface area contributed by atoms with E-state index in [-0.39, 0.29) is 0 Å². The largest absolute Gasteiger partial charge is 0.497 e. The van der Waals surface area contributed by atoms with Crippen LogP contribution in [0.25, 0.3) is 0 Å². The Morgan fingerprint density at radius 3 is 1.59 bits per heavy atom. The SMILES string of the molecule is COc1ccc(CCCCCCCCCCCCCBr)cc1. The van der Waals surface area contributed by atoms with Crippen LogP contribution in [0.4, 0.5) is 0 Å². The fraction of sp³-hybridized carbons (Fsp3) is 0.700. The zero-order valence-electron chi connectivity index (χ0n) is 14.3. The number of aryl methyl sites for hydroxylation is 1. The van der Waals surface area contributed by atoms with Crippen LogP contribution in [0.3, 0.4) is 0 Å². The van der Waals surface area contributed by atoms with Crippen molar-refractivity contribution in [2.75, 3.05) is 12.4 Å². The molecule has 0 saturated heterocycles. The maximum atomic E-state index is 5.18. The first-order valence-electron chi connectivity index (χ1n) is 9.05. The summed E-state index contributed by atoms with van der Waals surface area (Å²) in [7, 11) is 1.72. The second-order valence-electron chi connectivity index (χ2n) is 6.18. The molecule has 1 aromatic rings. The van der Waals surface area contributed by atoms with Gasteiger partial charge in [0.25, 0.3) is 0 Å². The molecule has 0 heterocycles. The number of benzene rings is 1. The Morgan fingerprint density at radius 1 is 0.682 bits per heavy atom. The molecular formula is C20H33BrO. The van der Waals surface area contributed by atoms with Crippen molar-refractivity contribution < 1.29 is 4.74 Å². The van der Waals surface area contributed by atoms with Crippen LogP contribution in [0.2, 0.25) is 0 Å². The minimum atomic E-state index is 0.955. The van der Waals surface area contributed by atoms with Gasteiger partial charge in [0.1, 0.15) is 5.75 Å². The van der Waals surface area contributed by atoms with Crippen molar-refractivity contribution in [3.05, 3.63) is 29.8 Å².